The summed E-state index contributed by atoms with van der Waals surface area (Å²) in [6, 6.07) is 7.88. The van der Waals surface area contributed by atoms with Crippen molar-refractivity contribution >= 4 is 27.7 Å². The van der Waals surface area contributed by atoms with Crippen LogP contribution in [0.1, 0.15) is 55.8 Å². The number of hydrogen-bond acceptors (Lipinski definition) is 6. The van der Waals surface area contributed by atoms with Gasteiger partial charge in [0.25, 0.3) is 11.8 Å². The van der Waals surface area contributed by atoms with Crippen LogP contribution >= 0.6 is 0 Å². The van der Waals surface area contributed by atoms with E-state index in [4.69, 9.17) is 0 Å². The van der Waals surface area contributed by atoms with Crippen LogP contribution in [0, 0.1) is 5.92 Å². The monoisotopic (exact) mass is 542 g/mol. The van der Waals surface area contributed by atoms with Gasteiger partial charge in [0, 0.05) is 23.6 Å². The predicted molar refractivity (Wildman–Crippen MR) is 146 cm³/mol. The molecule has 10 heteroatoms. The summed E-state index contributed by atoms with van der Waals surface area (Å²) in [5.41, 5.74) is 1.97. The summed E-state index contributed by atoms with van der Waals surface area (Å²) < 4.78 is 24.5. The van der Waals surface area contributed by atoms with Gasteiger partial charge in [0.2, 0.25) is 15.9 Å². The van der Waals surface area contributed by atoms with Gasteiger partial charge in [-0.1, -0.05) is 36.4 Å². The number of allylic oxidation sites excluding steroid dienone is 3. The Bertz CT molecular complexity index is 1210. The van der Waals surface area contributed by atoms with E-state index in [1.807, 2.05) is 6.07 Å². The van der Waals surface area contributed by atoms with Crippen LogP contribution in [0.2, 0.25) is 0 Å². The van der Waals surface area contributed by atoms with Gasteiger partial charge in [-0.05, 0) is 69.7 Å². The van der Waals surface area contributed by atoms with Crippen molar-refractivity contribution in [2.24, 2.45) is 5.92 Å². The number of piperazine rings is 1. The molecule has 3 amide bonds. The van der Waals surface area contributed by atoms with Crippen molar-refractivity contribution in [3.05, 3.63) is 59.7 Å². The summed E-state index contributed by atoms with van der Waals surface area (Å²) in [5.74, 6) is -0.819. The Morgan fingerprint density at radius 1 is 1.13 bits per heavy atom. The van der Waals surface area contributed by atoms with Gasteiger partial charge in [0.15, 0.2) is 0 Å². The van der Waals surface area contributed by atoms with E-state index in [-0.39, 0.29) is 37.0 Å². The zero-order valence-electron chi connectivity index (χ0n) is 22.2. The smallest absolute Gasteiger partial charge is 0.255 e. The fraction of sp³-hybridized carbons (Fsp3) is 0.536. The van der Waals surface area contributed by atoms with Crippen LogP contribution in [0.25, 0.3) is 0 Å². The molecular formula is C28H38N4O5S. The van der Waals surface area contributed by atoms with Gasteiger partial charge in [-0.25, -0.2) is 12.7 Å². The van der Waals surface area contributed by atoms with Gasteiger partial charge >= 0.3 is 0 Å². The molecule has 1 saturated carbocycles. The molecule has 1 aromatic carbocycles. The maximum absolute atomic E-state index is 13.4. The minimum Gasteiger partial charge on any atom is -0.340 e. The van der Waals surface area contributed by atoms with Gasteiger partial charge in [-0.2, -0.15) is 0 Å². The summed E-state index contributed by atoms with van der Waals surface area (Å²) in [7, 11) is -3.68. The molecular weight excluding hydrogens is 504 g/mol. The number of amides is 3. The van der Waals surface area contributed by atoms with E-state index in [2.05, 4.69) is 35.8 Å². The van der Waals surface area contributed by atoms with Crippen LogP contribution in [0.15, 0.2) is 54.1 Å². The standard InChI is InChI=1S/C28H38N4O5S/c1-28(19-23(28)21-11-5-3-6-12-21)29-16-10-9-15-24(30-26(34)22-13-7-4-8-14-22)27(35)31-17-18-32(25(33)20-31)38(2,36)37/h4-5,7-8,11-14,23-24,29H,3,6,9-10,15-20H2,1-2H3,(H,30,34)/t23-,24+,28+/m1/s1. The zero-order valence-corrected chi connectivity index (χ0v) is 23.0. The van der Waals surface area contributed by atoms with E-state index in [0.29, 0.717) is 24.3 Å². The first-order chi connectivity index (χ1) is 18.1. The molecule has 0 aromatic heterocycles. The second kappa shape index (κ2) is 11.8. The Balaban J connectivity index is 1.32. The average Bonchev–Trinajstić information content (AvgIpc) is 3.58. The van der Waals surface area contributed by atoms with Crippen molar-refractivity contribution in [3.8, 4) is 0 Å². The third kappa shape index (κ3) is 6.91. The lowest BCUT2D eigenvalue weighted by atomic mass is 10.0. The van der Waals surface area contributed by atoms with Crippen molar-refractivity contribution in [2.75, 3.05) is 32.4 Å². The number of benzene rings is 1. The molecule has 2 N–H and O–H groups in total. The molecule has 0 radical (unpaired) electrons. The van der Waals surface area contributed by atoms with Crippen LogP contribution in [0.3, 0.4) is 0 Å². The van der Waals surface area contributed by atoms with Gasteiger partial charge < -0.3 is 15.5 Å². The molecule has 4 rings (SSSR count). The quantitative estimate of drug-likeness (QED) is 0.415. The Hall–Kier alpha value is -2.98. The number of nitrogens with zero attached hydrogens (tertiary/aromatic N) is 2. The van der Waals surface area contributed by atoms with E-state index in [9.17, 15) is 22.8 Å². The molecule has 9 nitrogen and oxygen atoms in total. The van der Waals surface area contributed by atoms with Crippen molar-refractivity contribution in [3.63, 3.8) is 0 Å². The molecule has 3 atom stereocenters. The number of carbonyl (C=O) groups is 3. The van der Waals surface area contributed by atoms with Crippen LogP contribution in [-0.4, -0.2) is 79.4 Å². The first-order valence-corrected chi connectivity index (χ1v) is 15.2. The molecule has 2 fully saturated rings. The minimum absolute atomic E-state index is 0.0853. The fourth-order valence-corrected chi connectivity index (χ4v) is 6.13. The predicted octanol–water partition coefficient (Wildman–Crippen LogP) is 2.23. The molecule has 0 spiro atoms. The van der Waals surface area contributed by atoms with Crippen LogP contribution in [0.4, 0.5) is 0 Å². The number of rotatable bonds is 11. The third-order valence-electron chi connectivity index (χ3n) is 7.64. The van der Waals surface area contributed by atoms with Gasteiger partial charge in [0.05, 0.1) is 12.8 Å². The highest BCUT2D eigenvalue weighted by Gasteiger charge is 2.50. The molecule has 0 unspecified atom stereocenters. The summed E-state index contributed by atoms with van der Waals surface area (Å²) in [4.78, 5) is 40.0. The van der Waals surface area contributed by atoms with Crippen molar-refractivity contribution in [2.45, 2.75) is 57.0 Å². The van der Waals surface area contributed by atoms with E-state index in [1.54, 1.807) is 24.3 Å². The number of sulfonamides is 1. The Morgan fingerprint density at radius 3 is 2.55 bits per heavy atom. The van der Waals surface area contributed by atoms with Crippen LogP contribution in [-0.2, 0) is 19.6 Å². The number of unbranched alkanes of at least 4 members (excludes halogenated alkanes) is 1. The Labute approximate surface area is 225 Å². The van der Waals surface area contributed by atoms with Gasteiger partial charge in [0.1, 0.15) is 12.6 Å². The average molecular weight is 543 g/mol. The molecule has 1 aliphatic heterocycles. The van der Waals surface area contributed by atoms with Crippen molar-refractivity contribution < 1.29 is 22.8 Å². The van der Waals surface area contributed by atoms with Crippen molar-refractivity contribution in [1.29, 1.82) is 0 Å². The molecule has 38 heavy (non-hydrogen) atoms. The Kier molecular flexibility index (Phi) is 8.72. The minimum atomic E-state index is -3.68. The van der Waals surface area contributed by atoms with E-state index in [1.165, 1.54) is 10.5 Å². The molecule has 1 aromatic rings. The number of hydrogen-bond donors (Lipinski definition) is 2. The topological polar surface area (TPSA) is 116 Å². The van der Waals surface area contributed by atoms with Crippen LogP contribution in [0.5, 0.6) is 0 Å². The third-order valence-corrected chi connectivity index (χ3v) is 8.83. The highest BCUT2D eigenvalue weighted by molar-refractivity contribution is 7.88. The van der Waals surface area contributed by atoms with Gasteiger partial charge in [-0.3, -0.25) is 14.4 Å². The summed E-state index contributed by atoms with van der Waals surface area (Å²) >= 11 is 0. The molecule has 1 saturated heterocycles. The second-order valence-electron chi connectivity index (χ2n) is 10.7. The number of nitrogens with one attached hydrogen (secondary N) is 2. The lowest BCUT2D eigenvalue weighted by Gasteiger charge is -2.35. The maximum atomic E-state index is 13.4. The normalized spacial score (nSPS) is 24.1. The molecule has 0 bridgehead atoms. The lowest BCUT2D eigenvalue weighted by Crippen LogP contribution is -2.57. The zero-order chi connectivity index (χ0) is 27.3. The van der Waals surface area contributed by atoms with Crippen molar-refractivity contribution in [1.82, 2.24) is 19.8 Å². The summed E-state index contributed by atoms with van der Waals surface area (Å²) in [5, 5.41) is 6.52. The maximum Gasteiger partial charge on any atom is 0.255 e. The SMILES string of the molecule is C[C@]1(NCCCC[C@H](NC(=O)c2ccccc2)C(=O)N2CCN(S(C)(=O)=O)C(=O)C2)C[C@@H]1C1=CCCC=C1. The molecule has 2 aliphatic carbocycles. The van der Waals surface area contributed by atoms with Crippen LogP contribution < -0.4 is 10.6 Å². The largest absolute Gasteiger partial charge is 0.340 e. The second-order valence-corrected chi connectivity index (χ2v) is 12.6. The summed E-state index contributed by atoms with van der Waals surface area (Å²) in [6.45, 7) is 2.75. The van der Waals surface area contributed by atoms with E-state index < -0.39 is 22.0 Å². The van der Waals surface area contributed by atoms with E-state index >= 15 is 0 Å². The number of carbonyl (C=O) groups excluding carboxylic acids is 3. The van der Waals surface area contributed by atoms with Gasteiger partial charge in [-0.15, -0.1) is 0 Å². The van der Waals surface area contributed by atoms with E-state index in [0.717, 1.165) is 42.8 Å². The first kappa shape index (κ1) is 28.0. The first-order valence-electron chi connectivity index (χ1n) is 13.4. The lowest BCUT2D eigenvalue weighted by molar-refractivity contribution is -0.143. The molecule has 206 valence electrons. The summed E-state index contributed by atoms with van der Waals surface area (Å²) in [6.07, 6.45) is 13.1. The molecule has 3 aliphatic rings. The highest BCUT2D eigenvalue weighted by Crippen LogP contribution is 2.49. The fourth-order valence-electron chi connectivity index (χ4n) is 5.29. The Morgan fingerprint density at radius 2 is 1.89 bits per heavy atom. The highest BCUT2D eigenvalue weighted by atomic mass is 32.2. The molecule has 1 heterocycles.